The standard InChI is InChI=1S/C7H7NO4/c9-6-1-2-7(10)8(6)12-4-5-3-11-5/h1-2,5H,3-4H2. The van der Waals surface area contributed by atoms with Gasteiger partial charge in [-0.2, -0.15) is 0 Å². The molecule has 1 fully saturated rings. The third-order valence-corrected chi connectivity index (χ3v) is 1.56. The molecule has 0 aliphatic carbocycles. The van der Waals surface area contributed by atoms with E-state index in [0.29, 0.717) is 6.61 Å². The molecule has 0 spiro atoms. The molecular weight excluding hydrogens is 162 g/mol. The van der Waals surface area contributed by atoms with Crippen molar-refractivity contribution in [1.29, 1.82) is 0 Å². The quantitative estimate of drug-likeness (QED) is 0.411. The number of hydrogen-bond acceptors (Lipinski definition) is 4. The van der Waals surface area contributed by atoms with Gasteiger partial charge in [0.25, 0.3) is 11.8 Å². The number of ether oxygens (including phenoxy) is 1. The average molecular weight is 169 g/mol. The number of imide groups is 1. The van der Waals surface area contributed by atoms with Crippen LogP contribution in [-0.4, -0.2) is 36.2 Å². The summed E-state index contributed by atoms with van der Waals surface area (Å²) in [7, 11) is 0. The molecule has 0 aromatic carbocycles. The lowest BCUT2D eigenvalue weighted by Gasteiger charge is -2.11. The van der Waals surface area contributed by atoms with Gasteiger partial charge in [0.2, 0.25) is 0 Å². The Hall–Kier alpha value is -1.20. The molecule has 2 aliphatic heterocycles. The molecule has 0 N–H and O–H groups in total. The SMILES string of the molecule is O=C1C=CC(=O)N1OCC1CO1. The van der Waals surface area contributed by atoms with Crippen LogP contribution in [0.1, 0.15) is 0 Å². The Labute approximate surface area is 68.5 Å². The van der Waals surface area contributed by atoms with Gasteiger partial charge in [-0.15, -0.1) is 5.06 Å². The molecule has 0 aromatic heterocycles. The van der Waals surface area contributed by atoms with E-state index in [4.69, 9.17) is 9.57 Å². The van der Waals surface area contributed by atoms with Crippen molar-refractivity contribution in [1.82, 2.24) is 5.06 Å². The number of carbonyl (C=O) groups excluding carboxylic acids is 2. The summed E-state index contributed by atoms with van der Waals surface area (Å²) >= 11 is 0. The van der Waals surface area contributed by atoms with Gasteiger partial charge < -0.3 is 4.74 Å². The summed E-state index contributed by atoms with van der Waals surface area (Å²) in [5.41, 5.74) is 0. The van der Waals surface area contributed by atoms with E-state index in [1.54, 1.807) is 0 Å². The first kappa shape index (κ1) is 7.45. The Morgan fingerprint density at radius 3 is 2.58 bits per heavy atom. The van der Waals surface area contributed by atoms with Crippen LogP contribution in [0, 0.1) is 0 Å². The number of carbonyl (C=O) groups is 2. The number of rotatable bonds is 3. The Balaban J connectivity index is 1.85. The molecule has 0 bridgehead atoms. The third kappa shape index (κ3) is 1.37. The summed E-state index contributed by atoms with van der Waals surface area (Å²) in [6.07, 6.45) is 2.40. The number of epoxide rings is 1. The fraction of sp³-hybridized carbons (Fsp3) is 0.429. The minimum atomic E-state index is -0.430. The maximum atomic E-state index is 10.9. The van der Waals surface area contributed by atoms with Crippen LogP contribution >= 0.6 is 0 Å². The fourth-order valence-electron chi connectivity index (χ4n) is 0.836. The molecular formula is C7H7NO4. The monoisotopic (exact) mass is 169 g/mol. The van der Waals surface area contributed by atoms with Crippen LogP contribution in [0.5, 0.6) is 0 Å². The summed E-state index contributed by atoms with van der Waals surface area (Å²) in [6.45, 7) is 0.906. The maximum absolute atomic E-state index is 10.9. The van der Waals surface area contributed by atoms with Crippen molar-refractivity contribution in [2.45, 2.75) is 6.10 Å². The van der Waals surface area contributed by atoms with Crippen molar-refractivity contribution >= 4 is 11.8 Å². The van der Waals surface area contributed by atoms with E-state index in [9.17, 15) is 9.59 Å². The van der Waals surface area contributed by atoms with Crippen LogP contribution in [0.25, 0.3) is 0 Å². The first-order valence-corrected chi connectivity index (χ1v) is 3.58. The summed E-state index contributed by atoms with van der Waals surface area (Å²) in [4.78, 5) is 26.6. The second-order valence-corrected chi connectivity index (χ2v) is 2.56. The highest BCUT2D eigenvalue weighted by atomic mass is 16.7. The van der Waals surface area contributed by atoms with Gasteiger partial charge in [-0.1, -0.05) is 0 Å². The van der Waals surface area contributed by atoms with Crippen LogP contribution in [0.2, 0.25) is 0 Å². The summed E-state index contributed by atoms with van der Waals surface area (Å²) in [6, 6.07) is 0. The van der Waals surface area contributed by atoms with Gasteiger partial charge in [0.05, 0.1) is 6.61 Å². The predicted octanol–water partition coefficient (Wildman–Crippen LogP) is -0.758. The second-order valence-electron chi connectivity index (χ2n) is 2.56. The molecule has 5 nitrogen and oxygen atoms in total. The van der Waals surface area contributed by atoms with E-state index in [1.807, 2.05) is 0 Å². The number of nitrogens with zero attached hydrogens (tertiary/aromatic N) is 1. The van der Waals surface area contributed by atoms with E-state index in [0.717, 1.165) is 5.06 Å². The Morgan fingerprint density at radius 2 is 2.08 bits per heavy atom. The minimum Gasteiger partial charge on any atom is -0.371 e. The van der Waals surface area contributed by atoms with Gasteiger partial charge in [-0.3, -0.25) is 14.4 Å². The Morgan fingerprint density at radius 1 is 1.50 bits per heavy atom. The molecule has 0 aromatic rings. The summed E-state index contributed by atoms with van der Waals surface area (Å²) in [5.74, 6) is -0.860. The van der Waals surface area contributed by atoms with Gasteiger partial charge in [0.1, 0.15) is 12.7 Å². The van der Waals surface area contributed by atoms with Crippen molar-refractivity contribution in [3.63, 3.8) is 0 Å². The largest absolute Gasteiger partial charge is 0.371 e. The smallest absolute Gasteiger partial charge is 0.277 e. The lowest BCUT2D eigenvalue weighted by atomic mass is 10.5. The van der Waals surface area contributed by atoms with Gasteiger partial charge in [-0.25, -0.2) is 0 Å². The van der Waals surface area contributed by atoms with E-state index in [1.165, 1.54) is 12.2 Å². The molecule has 12 heavy (non-hydrogen) atoms. The molecule has 1 saturated heterocycles. The molecule has 1 atom stereocenters. The van der Waals surface area contributed by atoms with Crippen molar-refractivity contribution in [3.05, 3.63) is 12.2 Å². The lowest BCUT2D eigenvalue weighted by Crippen LogP contribution is -2.31. The lowest BCUT2D eigenvalue weighted by molar-refractivity contribution is -0.186. The molecule has 2 rings (SSSR count). The zero-order valence-corrected chi connectivity index (χ0v) is 6.23. The van der Waals surface area contributed by atoms with Crippen LogP contribution in [0.4, 0.5) is 0 Å². The highest BCUT2D eigenvalue weighted by molar-refractivity contribution is 6.11. The molecule has 1 unspecified atom stereocenters. The van der Waals surface area contributed by atoms with Gasteiger partial charge in [-0.05, 0) is 0 Å². The zero-order chi connectivity index (χ0) is 8.55. The number of hydroxylamine groups is 2. The molecule has 0 saturated carbocycles. The second kappa shape index (κ2) is 2.69. The van der Waals surface area contributed by atoms with Crippen molar-refractivity contribution in [3.8, 4) is 0 Å². The molecule has 2 aliphatic rings. The topological polar surface area (TPSA) is 59.1 Å². The van der Waals surface area contributed by atoms with Gasteiger partial charge in [0, 0.05) is 12.2 Å². The zero-order valence-electron chi connectivity index (χ0n) is 6.23. The molecule has 0 radical (unpaired) electrons. The van der Waals surface area contributed by atoms with E-state index in [2.05, 4.69) is 0 Å². The van der Waals surface area contributed by atoms with Gasteiger partial charge in [0.15, 0.2) is 0 Å². The van der Waals surface area contributed by atoms with Crippen LogP contribution < -0.4 is 0 Å². The van der Waals surface area contributed by atoms with Crippen LogP contribution in [0.15, 0.2) is 12.2 Å². The summed E-state index contributed by atoms with van der Waals surface area (Å²) in [5, 5.41) is 0.738. The van der Waals surface area contributed by atoms with E-state index in [-0.39, 0.29) is 12.7 Å². The third-order valence-electron chi connectivity index (χ3n) is 1.56. The van der Waals surface area contributed by atoms with Gasteiger partial charge >= 0.3 is 0 Å². The van der Waals surface area contributed by atoms with Crippen LogP contribution in [0.3, 0.4) is 0 Å². The predicted molar refractivity (Wildman–Crippen MR) is 36.7 cm³/mol. The number of amides is 2. The minimum absolute atomic E-state index is 0.0474. The molecule has 64 valence electrons. The highest BCUT2D eigenvalue weighted by Crippen LogP contribution is 2.11. The normalized spacial score (nSPS) is 27.0. The average Bonchev–Trinajstić information content (AvgIpc) is 2.80. The van der Waals surface area contributed by atoms with E-state index < -0.39 is 11.8 Å². The summed E-state index contributed by atoms with van der Waals surface area (Å²) < 4.78 is 4.84. The molecule has 5 heteroatoms. The van der Waals surface area contributed by atoms with Crippen LogP contribution in [-0.2, 0) is 19.2 Å². The molecule has 2 amide bonds. The fourth-order valence-corrected chi connectivity index (χ4v) is 0.836. The Kier molecular flexibility index (Phi) is 1.67. The van der Waals surface area contributed by atoms with Crippen molar-refractivity contribution in [2.24, 2.45) is 0 Å². The number of hydrogen-bond donors (Lipinski definition) is 0. The molecule has 2 heterocycles. The first-order valence-electron chi connectivity index (χ1n) is 3.58. The van der Waals surface area contributed by atoms with Crippen molar-refractivity contribution < 1.29 is 19.2 Å². The maximum Gasteiger partial charge on any atom is 0.277 e. The highest BCUT2D eigenvalue weighted by Gasteiger charge is 2.29. The van der Waals surface area contributed by atoms with Crippen molar-refractivity contribution in [2.75, 3.05) is 13.2 Å². The first-order chi connectivity index (χ1) is 5.77. The Bertz CT molecular complexity index is 238. The van der Waals surface area contributed by atoms with E-state index >= 15 is 0 Å².